The summed E-state index contributed by atoms with van der Waals surface area (Å²) in [7, 11) is 0. The Morgan fingerprint density at radius 3 is 3.20 bits per heavy atom. The fourth-order valence-corrected chi connectivity index (χ4v) is 1.56. The van der Waals surface area contributed by atoms with Crippen LogP contribution in [0.3, 0.4) is 0 Å². The molecular weight excluding hydrogens is 172 g/mol. The van der Waals surface area contributed by atoms with Gasteiger partial charge in [-0.05, 0) is 0 Å². The Kier molecular flexibility index (Phi) is 2.64. The third-order valence-electron chi connectivity index (χ3n) is 0.659. The lowest BCUT2D eigenvalue weighted by atomic mass is 10.8. The van der Waals surface area contributed by atoms with Gasteiger partial charge >= 0.3 is 5.97 Å². The Labute approximate surface area is 65.3 Å². The average molecular weight is 176 g/mol. The molecule has 10 heavy (non-hydrogen) atoms. The molecule has 0 amide bonds. The first-order valence-corrected chi connectivity index (χ1v) is 4.26. The highest BCUT2D eigenvalue weighted by Gasteiger charge is 2.00. The fraction of sp³-hybridized carbons (Fsp3) is 0.250. The smallest absolute Gasteiger partial charge is 0.313 e. The lowest BCUT2D eigenvalue weighted by Crippen LogP contribution is -1.96. The molecule has 0 saturated carbocycles. The number of carboxylic acid groups (broad SMARTS) is 1. The molecule has 0 unspecified atom stereocenters. The lowest BCUT2D eigenvalue weighted by molar-refractivity contribution is -0.133. The third kappa shape index (κ3) is 2.32. The molecule has 4 nitrogen and oxygen atoms in total. The van der Waals surface area contributed by atoms with E-state index in [0.29, 0.717) is 4.34 Å². The molecule has 0 aromatic carbocycles. The van der Waals surface area contributed by atoms with Gasteiger partial charge in [-0.1, -0.05) is 23.1 Å². The summed E-state index contributed by atoms with van der Waals surface area (Å²) in [6.45, 7) is 0. The van der Waals surface area contributed by atoms with Gasteiger partial charge in [-0.25, -0.2) is 0 Å². The second-order valence-electron chi connectivity index (χ2n) is 1.39. The van der Waals surface area contributed by atoms with Gasteiger partial charge in [-0.2, -0.15) is 0 Å². The summed E-state index contributed by atoms with van der Waals surface area (Å²) in [5.41, 5.74) is 1.57. The van der Waals surface area contributed by atoms with Crippen molar-refractivity contribution >= 4 is 29.1 Å². The monoisotopic (exact) mass is 176 g/mol. The van der Waals surface area contributed by atoms with Crippen LogP contribution in [-0.2, 0) is 4.79 Å². The van der Waals surface area contributed by atoms with Gasteiger partial charge in [0.2, 0.25) is 0 Å². The highest BCUT2D eigenvalue weighted by molar-refractivity contribution is 8.01. The Balaban J connectivity index is 2.35. The SMILES string of the molecule is O=C(O)CSc1nncs1. The Morgan fingerprint density at radius 2 is 2.70 bits per heavy atom. The number of nitrogens with zero attached hydrogens (tertiary/aromatic N) is 2. The zero-order valence-electron chi connectivity index (χ0n) is 4.85. The normalized spacial score (nSPS) is 9.60. The number of hydrogen-bond acceptors (Lipinski definition) is 5. The maximum atomic E-state index is 10.0. The molecule has 1 N–H and O–H groups in total. The second kappa shape index (κ2) is 3.52. The van der Waals surface area contributed by atoms with Gasteiger partial charge < -0.3 is 5.11 Å². The van der Waals surface area contributed by atoms with E-state index >= 15 is 0 Å². The first kappa shape index (κ1) is 7.49. The summed E-state index contributed by atoms with van der Waals surface area (Å²) in [5.74, 6) is -0.782. The number of hydrogen-bond donors (Lipinski definition) is 1. The van der Waals surface area contributed by atoms with Gasteiger partial charge in [-0.3, -0.25) is 4.79 Å². The summed E-state index contributed by atoms with van der Waals surface area (Å²) in [6, 6.07) is 0. The molecule has 1 aromatic rings. The van der Waals surface area contributed by atoms with Crippen molar-refractivity contribution < 1.29 is 9.90 Å². The van der Waals surface area contributed by atoms with Gasteiger partial charge in [0.05, 0.1) is 5.75 Å². The molecule has 1 heterocycles. The van der Waals surface area contributed by atoms with Crippen molar-refractivity contribution in [1.29, 1.82) is 0 Å². The zero-order valence-corrected chi connectivity index (χ0v) is 6.48. The van der Waals surface area contributed by atoms with Crippen LogP contribution in [0.4, 0.5) is 0 Å². The third-order valence-corrected chi connectivity index (χ3v) is 2.50. The molecule has 0 aliphatic carbocycles. The summed E-state index contributed by atoms with van der Waals surface area (Å²) in [6.07, 6.45) is 0. The van der Waals surface area contributed by atoms with Crippen molar-refractivity contribution in [3.8, 4) is 0 Å². The molecule has 0 aliphatic heterocycles. The van der Waals surface area contributed by atoms with E-state index in [1.165, 1.54) is 23.1 Å². The van der Waals surface area contributed by atoms with E-state index in [4.69, 9.17) is 5.11 Å². The Hall–Kier alpha value is -0.620. The largest absolute Gasteiger partial charge is 0.481 e. The second-order valence-corrected chi connectivity index (χ2v) is 3.44. The number of aliphatic carboxylic acids is 1. The highest BCUT2D eigenvalue weighted by Crippen LogP contribution is 2.17. The number of carboxylic acids is 1. The standard InChI is InChI=1S/C4H4N2O2S2/c7-3(8)1-9-4-6-5-2-10-4/h2H,1H2,(H,7,8). The highest BCUT2D eigenvalue weighted by atomic mass is 32.2. The molecule has 54 valence electrons. The quantitative estimate of drug-likeness (QED) is 0.687. The van der Waals surface area contributed by atoms with Crippen molar-refractivity contribution in [2.45, 2.75) is 4.34 Å². The summed E-state index contributed by atoms with van der Waals surface area (Å²) in [4.78, 5) is 10.0. The van der Waals surface area contributed by atoms with E-state index in [1.54, 1.807) is 5.51 Å². The molecule has 1 rings (SSSR count). The Bertz CT molecular complexity index is 211. The topological polar surface area (TPSA) is 63.1 Å². The molecule has 0 atom stereocenters. The minimum atomic E-state index is -0.833. The number of carbonyl (C=O) groups is 1. The van der Waals surface area contributed by atoms with Crippen molar-refractivity contribution in [2.75, 3.05) is 5.75 Å². The molecule has 6 heteroatoms. The average Bonchev–Trinajstić information content (AvgIpc) is 2.34. The van der Waals surface area contributed by atoms with E-state index in [2.05, 4.69) is 10.2 Å². The maximum absolute atomic E-state index is 10.0. The van der Waals surface area contributed by atoms with E-state index < -0.39 is 5.97 Å². The van der Waals surface area contributed by atoms with Crippen LogP contribution in [0.2, 0.25) is 0 Å². The van der Waals surface area contributed by atoms with Gasteiger partial charge in [0.1, 0.15) is 5.51 Å². The van der Waals surface area contributed by atoms with Crippen LogP contribution in [0.15, 0.2) is 9.85 Å². The summed E-state index contributed by atoms with van der Waals surface area (Å²) in [5, 5.41) is 15.5. The van der Waals surface area contributed by atoms with Crippen LogP contribution in [0.1, 0.15) is 0 Å². The fourth-order valence-electron chi connectivity index (χ4n) is 0.349. The first-order valence-electron chi connectivity index (χ1n) is 2.40. The minimum Gasteiger partial charge on any atom is -0.481 e. The molecule has 0 spiro atoms. The summed E-state index contributed by atoms with van der Waals surface area (Å²) >= 11 is 2.52. The van der Waals surface area contributed by atoms with Crippen molar-refractivity contribution in [1.82, 2.24) is 10.2 Å². The van der Waals surface area contributed by atoms with Crippen LogP contribution in [-0.4, -0.2) is 27.0 Å². The van der Waals surface area contributed by atoms with E-state index in [1.807, 2.05) is 0 Å². The van der Waals surface area contributed by atoms with Crippen LogP contribution >= 0.6 is 23.1 Å². The molecule has 1 aromatic heterocycles. The van der Waals surface area contributed by atoms with Crippen LogP contribution in [0, 0.1) is 0 Å². The minimum absolute atomic E-state index is 0.0508. The predicted molar refractivity (Wildman–Crippen MR) is 38.3 cm³/mol. The number of rotatable bonds is 3. The van der Waals surface area contributed by atoms with Gasteiger partial charge in [0.25, 0.3) is 0 Å². The molecular formula is C4H4N2O2S2. The zero-order chi connectivity index (χ0) is 7.40. The number of aromatic nitrogens is 2. The first-order chi connectivity index (χ1) is 4.79. The predicted octanol–water partition coefficient (Wildman–Crippen LogP) is 0.715. The molecule has 0 saturated heterocycles. The lowest BCUT2D eigenvalue weighted by Gasteiger charge is -1.86. The maximum Gasteiger partial charge on any atom is 0.313 e. The number of thioether (sulfide) groups is 1. The van der Waals surface area contributed by atoms with Gasteiger partial charge in [-0.15, -0.1) is 10.2 Å². The van der Waals surface area contributed by atoms with Gasteiger partial charge in [0, 0.05) is 0 Å². The van der Waals surface area contributed by atoms with Crippen molar-refractivity contribution in [2.24, 2.45) is 0 Å². The summed E-state index contributed by atoms with van der Waals surface area (Å²) < 4.78 is 0.697. The van der Waals surface area contributed by atoms with Crippen molar-refractivity contribution in [3.63, 3.8) is 0 Å². The Morgan fingerprint density at radius 1 is 1.90 bits per heavy atom. The molecule has 0 aliphatic rings. The van der Waals surface area contributed by atoms with Crippen LogP contribution in [0.5, 0.6) is 0 Å². The molecule has 0 radical (unpaired) electrons. The van der Waals surface area contributed by atoms with E-state index in [0.717, 1.165) is 0 Å². The van der Waals surface area contributed by atoms with E-state index in [9.17, 15) is 4.79 Å². The van der Waals surface area contributed by atoms with Crippen LogP contribution < -0.4 is 0 Å². The van der Waals surface area contributed by atoms with Gasteiger partial charge in [0.15, 0.2) is 4.34 Å². The van der Waals surface area contributed by atoms with E-state index in [-0.39, 0.29) is 5.75 Å². The molecule has 0 fully saturated rings. The van der Waals surface area contributed by atoms with Crippen molar-refractivity contribution in [3.05, 3.63) is 5.51 Å². The van der Waals surface area contributed by atoms with Crippen LogP contribution in [0.25, 0.3) is 0 Å². The molecule has 0 bridgehead atoms.